The lowest BCUT2D eigenvalue weighted by atomic mass is 10.3. The number of rotatable bonds is 6. The Kier molecular flexibility index (Phi) is 6.46. The highest BCUT2D eigenvalue weighted by Crippen LogP contribution is 2.28. The Morgan fingerprint density at radius 3 is 2.54 bits per heavy atom. The Bertz CT molecular complexity index is 938. The van der Waals surface area contributed by atoms with E-state index in [2.05, 4.69) is 5.32 Å². The number of ether oxygens (including phenoxy) is 1. The predicted octanol–water partition coefficient (Wildman–Crippen LogP) is 3.40. The lowest BCUT2D eigenvalue weighted by molar-refractivity contribution is -0.116. The molecule has 2 rings (SSSR count). The number of anilines is 1. The maximum absolute atomic E-state index is 13.2. The molecule has 140 valence electrons. The average molecular weight is 421 g/mol. The van der Waals surface area contributed by atoms with Gasteiger partial charge >= 0.3 is 0 Å². The van der Waals surface area contributed by atoms with Crippen LogP contribution in [0.4, 0.5) is 10.1 Å². The fourth-order valence-electron chi connectivity index (χ4n) is 2.07. The molecule has 0 bridgehead atoms. The molecule has 0 atom stereocenters. The van der Waals surface area contributed by atoms with E-state index in [1.165, 1.54) is 20.2 Å². The Hall–Kier alpha value is -1.87. The second-order valence-corrected chi connectivity index (χ2v) is 8.12. The molecule has 0 unspecified atom stereocenters. The van der Waals surface area contributed by atoms with Gasteiger partial charge in [0.1, 0.15) is 11.6 Å². The third kappa shape index (κ3) is 4.64. The van der Waals surface area contributed by atoms with Gasteiger partial charge in [0.05, 0.1) is 29.3 Å². The monoisotopic (exact) mass is 420 g/mol. The summed E-state index contributed by atoms with van der Waals surface area (Å²) in [7, 11) is -1.38. The van der Waals surface area contributed by atoms with Crippen molar-refractivity contribution in [1.29, 1.82) is 0 Å². The van der Waals surface area contributed by atoms with E-state index in [1.54, 1.807) is 12.1 Å². The number of carbonyl (C=O) groups is 1. The van der Waals surface area contributed by atoms with E-state index < -0.39 is 28.3 Å². The highest BCUT2D eigenvalue weighted by atomic mass is 35.5. The second-order valence-electron chi connectivity index (χ2n) is 5.23. The smallest absolute Gasteiger partial charge is 0.243 e. The van der Waals surface area contributed by atoms with Crippen molar-refractivity contribution in [1.82, 2.24) is 4.31 Å². The fourth-order valence-corrected chi connectivity index (χ4v) is 3.64. The van der Waals surface area contributed by atoms with Crippen LogP contribution >= 0.6 is 23.2 Å². The quantitative estimate of drug-likeness (QED) is 0.776. The van der Waals surface area contributed by atoms with Gasteiger partial charge < -0.3 is 10.1 Å². The summed E-state index contributed by atoms with van der Waals surface area (Å²) >= 11 is 11.5. The molecule has 0 aliphatic heterocycles. The number of halogens is 3. The van der Waals surface area contributed by atoms with Gasteiger partial charge in [-0.3, -0.25) is 4.79 Å². The van der Waals surface area contributed by atoms with Crippen LogP contribution in [0.1, 0.15) is 0 Å². The summed E-state index contributed by atoms with van der Waals surface area (Å²) in [5.41, 5.74) is 0.306. The van der Waals surface area contributed by atoms with Gasteiger partial charge in [0.2, 0.25) is 15.9 Å². The van der Waals surface area contributed by atoms with E-state index in [9.17, 15) is 17.6 Å². The van der Waals surface area contributed by atoms with Crippen LogP contribution in [0.5, 0.6) is 5.75 Å². The van der Waals surface area contributed by atoms with Crippen LogP contribution < -0.4 is 10.1 Å². The van der Waals surface area contributed by atoms with Crippen molar-refractivity contribution in [3.05, 3.63) is 52.3 Å². The molecule has 0 spiro atoms. The molecular formula is C16H15Cl2FN2O4S. The maximum Gasteiger partial charge on any atom is 0.243 e. The molecule has 2 aromatic rings. The molecule has 2 aromatic carbocycles. The topological polar surface area (TPSA) is 75.7 Å². The van der Waals surface area contributed by atoms with Crippen LogP contribution in [0.25, 0.3) is 0 Å². The van der Waals surface area contributed by atoms with Crippen LogP contribution in [0.2, 0.25) is 10.0 Å². The van der Waals surface area contributed by atoms with Crippen molar-refractivity contribution < 1.29 is 22.3 Å². The van der Waals surface area contributed by atoms with E-state index >= 15 is 0 Å². The average Bonchev–Trinajstić information content (AvgIpc) is 2.57. The number of hydrogen-bond acceptors (Lipinski definition) is 4. The minimum absolute atomic E-state index is 0.223. The van der Waals surface area contributed by atoms with Gasteiger partial charge in [-0.05, 0) is 36.4 Å². The van der Waals surface area contributed by atoms with E-state index in [0.29, 0.717) is 16.5 Å². The lowest BCUT2D eigenvalue weighted by Crippen LogP contribution is -2.35. The molecule has 0 fully saturated rings. The summed E-state index contributed by atoms with van der Waals surface area (Å²) < 4.78 is 44.1. The summed E-state index contributed by atoms with van der Waals surface area (Å²) in [5, 5.41) is 2.59. The molecule has 0 aliphatic rings. The summed E-state index contributed by atoms with van der Waals surface area (Å²) in [6.45, 7) is -0.479. The Balaban J connectivity index is 2.15. The molecule has 0 radical (unpaired) electrons. The normalized spacial score (nSPS) is 11.5. The summed E-state index contributed by atoms with van der Waals surface area (Å²) in [6, 6.07) is 7.64. The summed E-state index contributed by atoms with van der Waals surface area (Å²) in [6.07, 6.45) is 0. The first kappa shape index (κ1) is 20.4. The van der Waals surface area contributed by atoms with Gasteiger partial charge in [-0.2, -0.15) is 4.31 Å². The van der Waals surface area contributed by atoms with Gasteiger partial charge in [0.15, 0.2) is 0 Å². The van der Waals surface area contributed by atoms with Crippen molar-refractivity contribution in [2.24, 2.45) is 0 Å². The van der Waals surface area contributed by atoms with Crippen molar-refractivity contribution in [3.63, 3.8) is 0 Å². The van der Waals surface area contributed by atoms with E-state index in [0.717, 1.165) is 22.5 Å². The van der Waals surface area contributed by atoms with E-state index in [-0.39, 0.29) is 9.92 Å². The summed E-state index contributed by atoms with van der Waals surface area (Å²) in [4.78, 5) is 12.0. The van der Waals surface area contributed by atoms with Gasteiger partial charge in [-0.25, -0.2) is 12.8 Å². The standard InChI is InChI=1S/C16H15Cl2FN2O4S/c1-21(26(23,24)11-4-5-13(19)12(18)8-11)9-16(22)20-14-7-10(17)3-6-15(14)25-2/h3-8H,9H2,1-2H3,(H,20,22). The summed E-state index contributed by atoms with van der Waals surface area (Å²) in [5.74, 6) is -0.970. The van der Waals surface area contributed by atoms with Gasteiger partial charge in [-0.15, -0.1) is 0 Å². The van der Waals surface area contributed by atoms with Crippen LogP contribution in [-0.2, 0) is 14.8 Å². The minimum atomic E-state index is -4.03. The number of nitrogens with zero attached hydrogens (tertiary/aromatic N) is 1. The highest BCUT2D eigenvalue weighted by Gasteiger charge is 2.24. The molecule has 10 heteroatoms. The van der Waals surface area contributed by atoms with Crippen LogP contribution in [0.3, 0.4) is 0 Å². The van der Waals surface area contributed by atoms with Crippen LogP contribution in [-0.4, -0.2) is 39.3 Å². The molecule has 0 heterocycles. The fraction of sp³-hybridized carbons (Fsp3) is 0.188. The van der Waals surface area contributed by atoms with Crippen molar-refractivity contribution in [2.75, 3.05) is 26.0 Å². The molecule has 6 nitrogen and oxygen atoms in total. The Morgan fingerprint density at radius 1 is 1.23 bits per heavy atom. The first-order chi connectivity index (χ1) is 12.1. The van der Waals surface area contributed by atoms with E-state index in [1.807, 2.05) is 0 Å². The number of benzene rings is 2. The molecule has 0 aliphatic carbocycles. The first-order valence-electron chi connectivity index (χ1n) is 7.20. The number of amides is 1. The number of carbonyl (C=O) groups excluding carboxylic acids is 1. The number of hydrogen-bond donors (Lipinski definition) is 1. The Morgan fingerprint density at radius 2 is 1.92 bits per heavy atom. The SMILES string of the molecule is COc1ccc(Cl)cc1NC(=O)CN(C)S(=O)(=O)c1ccc(F)c(Cl)c1. The van der Waals surface area contributed by atoms with Crippen molar-refractivity contribution in [2.45, 2.75) is 4.90 Å². The van der Waals surface area contributed by atoms with Gasteiger partial charge in [0.25, 0.3) is 0 Å². The molecule has 26 heavy (non-hydrogen) atoms. The Labute approximate surface area is 160 Å². The lowest BCUT2D eigenvalue weighted by Gasteiger charge is -2.18. The third-order valence-corrected chi connectivity index (χ3v) is 5.73. The second kappa shape index (κ2) is 8.22. The molecule has 0 aromatic heterocycles. The molecule has 1 amide bonds. The van der Waals surface area contributed by atoms with Gasteiger partial charge in [-0.1, -0.05) is 23.2 Å². The predicted molar refractivity (Wildman–Crippen MR) is 97.9 cm³/mol. The number of sulfonamides is 1. The molecule has 1 N–H and O–H groups in total. The van der Waals surface area contributed by atoms with E-state index in [4.69, 9.17) is 27.9 Å². The zero-order valence-corrected chi connectivity index (χ0v) is 16.1. The van der Waals surface area contributed by atoms with Crippen molar-refractivity contribution in [3.8, 4) is 5.75 Å². The zero-order valence-electron chi connectivity index (χ0n) is 13.8. The molecule has 0 saturated heterocycles. The molecule has 0 saturated carbocycles. The van der Waals surface area contributed by atoms with Crippen molar-refractivity contribution >= 4 is 44.8 Å². The van der Waals surface area contributed by atoms with Gasteiger partial charge in [0, 0.05) is 12.1 Å². The molecular weight excluding hydrogens is 406 g/mol. The third-order valence-electron chi connectivity index (χ3n) is 3.40. The van der Waals surface area contributed by atoms with Crippen LogP contribution in [0, 0.1) is 5.82 Å². The number of nitrogens with one attached hydrogen (secondary N) is 1. The largest absolute Gasteiger partial charge is 0.495 e. The zero-order chi connectivity index (χ0) is 19.5. The van der Waals surface area contributed by atoms with Crippen LogP contribution in [0.15, 0.2) is 41.3 Å². The first-order valence-corrected chi connectivity index (χ1v) is 9.39. The highest BCUT2D eigenvalue weighted by molar-refractivity contribution is 7.89. The number of likely N-dealkylation sites (N-methyl/N-ethyl adjacent to an activating group) is 1. The minimum Gasteiger partial charge on any atom is -0.495 e. The number of methoxy groups -OCH3 is 1. The maximum atomic E-state index is 13.2.